The molecule has 1 N–H and O–H groups in total. The molecule has 1 amide bonds. The van der Waals surface area contributed by atoms with Crippen molar-refractivity contribution in [2.75, 3.05) is 0 Å². The number of nitrogens with one attached hydrogen (secondary N) is 1. The number of rotatable bonds is 3. The van der Waals surface area contributed by atoms with Gasteiger partial charge in [0, 0.05) is 12.0 Å². The highest BCUT2D eigenvalue weighted by atomic mass is 28.3. The minimum atomic E-state index is -1.81. The fraction of sp³-hybridized carbons (Fsp3) is 0.611. The number of hydrogen-bond donors (Lipinski definition) is 1. The van der Waals surface area contributed by atoms with Crippen LogP contribution in [0.3, 0.4) is 0 Å². The highest BCUT2D eigenvalue weighted by Gasteiger charge is 2.61. The van der Waals surface area contributed by atoms with Crippen molar-refractivity contribution in [2.45, 2.75) is 63.8 Å². The Kier molecular flexibility index (Phi) is 3.86. The topological polar surface area (TPSA) is 29.1 Å². The second-order valence-corrected chi connectivity index (χ2v) is 13.4. The third kappa shape index (κ3) is 2.09. The van der Waals surface area contributed by atoms with Gasteiger partial charge in [-0.2, -0.15) is 0 Å². The second kappa shape index (κ2) is 4.98. The number of carbonyl (C=O) groups is 1. The molecule has 1 aliphatic rings. The van der Waals surface area contributed by atoms with E-state index in [0.717, 1.165) is 0 Å². The first kappa shape index (κ1) is 16.3. The van der Waals surface area contributed by atoms with E-state index in [1.165, 1.54) is 5.56 Å². The van der Waals surface area contributed by atoms with Crippen LogP contribution in [-0.2, 0) is 9.83 Å². The summed E-state index contributed by atoms with van der Waals surface area (Å²) in [7, 11) is -1.81. The SMILES string of the molecule is C[C@@H]1C(=O)N[C@H](C)[C@@]1(C)[Si](C)(C)C(C)(C)c1ccccc1. The summed E-state index contributed by atoms with van der Waals surface area (Å²) >= 11 is 0. The summed E-state index contributed by atoms with van der Waals surface area (Å²) in [6.07, 6.45) is 0. The normalized spacial score (nSPS) is 30.3. The summed E-state index contributed by atoms with van der Waals surface area (Å²) < 4.78 is 0. The highest BCUT2D eigenvalue weighted by Crippen LogP contribution is 2.57. The van der Waals surface area contributed by atoms with Crippen LogP contribution in [0.1, 0.15) is 40.2 Å². The van der Waals surface area contributed by atoms with E-state index in [4.69, 9.17) is 0 Å². The molecule has 0 unspecified atom stereocenters. The molecule has 2 nitrogen and oxygen atoms in total. The van der Waals surface area contributed by atoms with E-state index < -0.39 is 8.07 Å². The molecule has 1 aromatic rings. The van der Waals surface area contributed by atoms with Crippen molar-refractivity contribution in [3.8, 4) is 0 Å². The van der Waals surface area contributed by atoms with Gasteiger partial charge in [-0.1, -0.05) is 71.1 Å². The van der Waals surface area contributed by atoms with Crippen LogP contribution < -0.4 is 5.32 Å². The zero-order chi connectivity index (χ0) is 16.1. The standard InChI is InChI=1S/C18H29NOSi/c1-13-16(20)19-14(2)18(13,5)21(6,7)17(3,4)15-11-9-8-10-12-15/h8-14H,1-7H3,(H,19,20)/t13-,14-,18+/m1/s1. The molecule has 21 heavy (non-hydrogen) atoms. The van der Waals surface area contributed by atoms with Crippen LogP contribution >= 0.6 is 0 Å². The maximum absolute atomic E-state index is 12.2. The fourth-order valence-corrected chi connectivity index (χ4v) is 8.71. The van der Waals surface area contributed by atoms with Crippen LogP contribution in [0.5, 0.6) is 0 Å². The average molecular weight is 304 g/mol. The van der Waals surface area contributed by atoms with Crippen molar-refractivity contribution >= 4 is 14.0 Å². The monoisotopic (exact) mass is 303 g/mol. The summed E-state index contributed by atoms with van der Waals surface area (Å²) in [4.78, 5) is 12.2. The van der Waals surface area contributed by atoms with Crippen molar-refractivity contribution in [1.82, 2.24) is 5.32 Å². The van der Waals surface area contributed by atoms with Crippen LogP contribution in [0.25, 0.3) is 0 Å². The number of carbonyl (C=O) groups excluding carboxylic acids is 1. The quantitative estimate of drug-likeness (QED) is 0.836. The molecule has 3 atom stereocenters. The summed E-state index contributed by atoms with van der Waals surface area (Å²) in [5.41, 5.74) is 1.39. The molecule has 0 aliphatic carbocycles. The van der Waals surface area contributed by atoms with E-state index in [-0.39, 0.29) is 27.9 Å². The molecule has 1 aliphatic heterocycles. The lowest BCUT2D eigenvalue weighted by atomic mass is 9.93. The van der Waals surface area contributed by atoms with E-state index in [9.17, 15) is 4.79 Å². The van der Waals surface area contributed by atoms with Crippen LogP contribution in [0.4, 0.5) is 0 Å². The minimum absolute atomic E-state index is 0.0451. The summed E-state index contributed by atoms with van der Waals surface area (Å²) in [5, 5.41) is 3.34. The Labute approximate surface area is 130 Å². The van der Waals surface area contributed by atoms with Gasteiger partial charge >= 0.3 is 0 Å². The molecule has 0 spiro atoms. The van der Waals surface area contributed by atoms with Crippen LogP contribution in [-0.4, -0.2) is 20.0 Å². The smallest absolute Gasteiger partial charge is 0.223 e. The summed E-state index contributed by atoms with van der Waals surface area (Å²) in [5.74, 6) is 0.298. The van der Waals surface area contributed by atoms with Gasteiger partial charge < -0.3 is 5.32 Å². The summed E-state index contributed by atoms with van der Waals surface area (Å²) in [6, 6.07) is 11.0. The Balaban J connectivity index is 2.53. The Morgan fingerprint density at radius 2 is 1.67 bits per heavy atom. The van der Waals surface area contributed by atoms with Gasteiger partial charge in [-0.05, 0) is 22.6 Å². The van der Waals surface area contributed by atoms with Crippen LogP contribution in [0, 0.1) is 5.92 Å². The first-order valence-corrected chi connectivity index (χ1v) is 10.9. The molecule has 1 saturated heterocycles. The van der Waals surface area contributed by atoms with Crippen molar-refractivity contribution in [1.29, 1.82) is 0 Å². The zero-order valence-corrected chi connectivity index (χ0v) is 15.4. The summed E-state index contributed by atoms with van der Waals surface area (Å²) in [6.45, 7) is 16.2. The molecule has 1 fully saturated rings. The largest absolute Gasteiger partial charge is 0.353 e. The van der Waals surface area contributed by atoms with Gasteiger partial charge in [0.25, 0.3) is 0 Å². The Morgan fingerprint density at radius 1 is 1.14 bits per heavy atom. The lowest BCUT2D eigenvalue weighted by Crippen LogP contribution is -2.60. The van der Waals surface area contributed by atoms with Crippen molar-refractivity contribution < 1.29 is 4.79 Å². The molecule has 0 bridgehead atoms. The van der Waals surface area contributed by atoms with Crippen molar-refractivity contribution in [3.05, 3.63) is 35.9 Å². The molecule has 3 heteroatoms. The molecule has 1 heterocycles. The molecular weight excluding hydrogens is 274 g/mol. The molecule has 0 radical (unpaired) electrons. The predicted octanol–water partition coefficient (Wildman–Crippen LogP) is 4.13. The molecule has 1 aromatic carbocycles. The van der Waals surface area contributed by atoms with E-state index in [1.807, 2.05) is 0 Å². The van der Waals surface area contributed by atoms with Gasteiger partial charge in [-0.15, -0.1) is 0 Å². The van der Waals surface area contributed by atoms with Crippen molar-refractivity contribution in [2.24, 2.45) is 5.92 Å². The maximum Gasteiger partial charge on any atom is 0.223 e. The van der Waals surface area contributed by atoms with Gasteiger partial charge in [0.15, 0.2) is 0 Å². The van der Waals surface area contributed by atoms with E-state index >= 15 is 0 Å². The third-order valence-corrected chi connectivity index (χ3v) is 13.9. The fourth-order valence-electron chi connectivity index (χ4n) is 4.11. The van der Waals surface area contributed by atoms with Crippen LogP contribution in [0.15, 0.2) is 30.3 Å². The minimum Gasteiger partial charge on any atom is -0.353 e. The Bertz CT molecular complexity index is 537. The van der Waals surface area contributed by atoms with Gasteiger partial charge in [-0.25, -0.2) is 0 Å². The van der Waals surface area contributed by atoms with Crippen molar-refractivity contribution in [3.63, 3.8) is 0 Å². The lowest BCUT2D eigenvalue weighted by molar-refractivity contribution is -0.122. The predicted molar refractivity (Wildman–Crippen MR) is 92.1 cm³/mol. The van der Waals surface area contributed by atoms with Gasteiger partial charge in [0.2, 0.25) is 5.91 Å². The molecule has 116 valence electrons. The molecule has 2 rings (SSSR count). The average Bonchev–Trinajstić information content (AvgIpc) is 2.64. The molecule has 0 saturated carbocycles. The Morgan fingerprint density at radius 3 is 2.10 bits per heavy atom. The Hall–Kier alpha value is -1.09. The first-order chi connectivity index (χ1) is 9.56. The van der Waals surface area contributed by atoms with E-state index in [1.54, 1.807) is 0 Å². The zero-order valence-electron chi connectivity index (χ0n) is 14.4. The third-order valence-electron chi connectivity index (χ3n) is 6.96. The van der Waals surface area contributed by atoms with E-state index in [2.05, 4.69) is 83.4 Å². The number of benzene rings is 1. The number of amides is 1. The molecular formula is C18H29NOSi. The van der Waals surface area contributed by atoms with Crippen LogP contribution in [0.2, 0.25) is 18.1 Å². The van der Waals surface area contributed by atoms with Gasteiger partial charge in [0.05, 0.1) is 8.07 Å². The second-order valence-electron chi connectivity index (χ2n) is 7.85. The lowest BCUT2D eigenvalue weighted by Gasteiger charge is -2.54. The highest BCUT2D eigenvalue weighted by molar-refractivity contribution is 6.83. The van der Waals surface area contributed by atoms with E-state index in [0.29, 0.717) is 0 Å². The first-order valence-electron chi connectivity index (χ1n) is 7.92. The number of hydrogen-bond acceptors (Lipinski definition) is 1. The maximum atomic E-state index is 12.2. The van der Waals surface area contributed by atoms with Gasteiger partial charge in [0.1, 0.15) is 0 Å². The van der Waals surface area contributed by atoms with Gasteiger partial charge in [-0.3, -0.25) is 4.79 Å². The molecule has 0 aromatic heterocycles.